The summed E-state index contributed by atoms with van der Waals surface area (Å²) in [4.78, 5) is 0. The van der Waals surface area contributed by atoms with Crippen LogP contribution in [0.15, 0.2) is 24.3 Å². The fourth-order valence-electron chi connectivity index (χ4n) is 0.887. The van der Waals surface area contributed by atoms with E-state index in [2.05, 4.69) is 39.0 Å². The maximum Gasteiger partial charge on any atom is 2.00 e. The first-order valence-electron chi connectivity index (χ1n) is 3.57. The smallest absolute Gasteiger partial charge is 0.358 e. The molecule has 62 valence electrons. The molecule has 0 heterocycles. The van der Waals surface area contributed by atoms with Crippen LogP contribution < -0.4 is 0 Å². The van der Waals surface area contributed by atoms with Crippen LogP contribution in [-0.2, 0) is 5.41 Å². The maximum atomic E-state index is 3.00. The van der Waals surface area contributed by atoms with Gasteiger partial charge in [0.1, 0.15) is 0 Å². The third kappa shape index (κ3) is 4.12. The van der Waals surface area contributed by atoms with Crippen LogP contribution in [-0.4, -0.2) is 23.1 Å². The molecule has 0 N–H and O–H groups in total. The average Bonchev–Trinajstić information content (AvgIpc) is 1.88. The standard InChI is InChI=1S/C10H13.CH3.Mg/c1-10(2,3)9-7-5-4-6-8-9;;/h5-8H,1-3H3;1H3;/q2*-1;+2. The zero-order chi connectivity index (χ0) is 7.61. The maximum absolute atomic E-state index is 3.00. The SMILES string of the molecule is CC(C)(C)c1cc[c-]cc1.[CH3-].[Mg+2]. The molecule has 0 nitrogen and oxygen atoms in total. The molecule has 0 spiro atoms. The van der Waals surface area contributed by atoms with E-state index >= 15 is 0 Å². The van der Waals surface area contributed by atoms with Gasteiger partial charge in [0.25, 0.3) is 0 Å². The van der Waals surface area contributed by atoms with Gasteiger partial charge in [-0.3, -0.25) is 0 Å². The Bertz CT molecular complexity index is 196. The van der Waals surface area contributed by atoms with Crippen LogP contribution in [0.2, 0.25) is 0 Å². The van der Waals surface area contributed by atoms with E-state index in [9.17, 15) is 0 Å². The Kier molecular flexibility index (Phi) is 6.77. The van der Waals surface area contributed by atoms with Crippen LogP contribution >= 0.6 is 0 Å². The molecule has 0 atom stereocenters. The van der Waals surface area contributed by atoms with Gasteiger partial charge in [-0.25, -0.2) is 0 Å². The van der Waals surface area contributed by atoms with E-state index in [4.69, 9.17) is 0 Å². The Balaban J connectivity index is 0. The van der Waals surface area contributed by atoms with Crippen molar-refractivity contribution in [1.82, 2.24) is 0 Å². The molecule has 0 saturated carbocycles. The van der Waals surface area contributed by atoms with E-state index in [1.807, 2.05) is 12.1 Å². The number of rotatable bonds is 0. The number of hydrogen-bond donors (Lipinski definition) is 0. The minimum Gasteiger partial charge on any atom is -0.358 e. The van der Waals surface area contributed by atoms with Crippen LogP contribution in [0.3, 0.4) is 0 Å². The minimum atomic E-state index is 0. The zero-order valence-electron chi connectivity index (χ0n) is 8.52. The van der Waals surface area contributed by atoms with Gasteiger partial charge in [0.05, 0.1) is 0 Å². The molecule has 0 saturated heterocycles. The van der Waals surface area contributed by atoms with Crippen LogP contribution in [0.25, 0.3) is 0 Å². The predicted octanol–water partition coefficient (Wildman–Crippen LogP) is 2.85. The van der Waals surface area contributed by atoms with Gasteiger partial charge in [-0.1, -0.05) is 20.8 Å². The van der Waals surface area contributed by atoms with Crippen molar-refractivity contribution in [1.29, 1.82) is 0 Å². The summed E-state index contributed by atoms with van der Waals surface area (Å²) in [5.74, 6) is 0. The Morgan fingerprint density at radius 1 is 1.08 bits per heavy atom. The van der Waals surface area contributed by atoms with E-state index in [0.29, 0.717) is 0 Å². The third-order valence-electron chi connectivity index (χ3n) is 1.58. The molecule has 0 aromatic heterocycles. The monoisotopic (exact) mass is 172 g/mol. The van der Waals surface area contributed by atoms with Crippen LogP contribution in [0, 0.1) is 13.5 Å². The van der Waals surface area contributed by atoms with Gasteiger partial charge in [0, 0.05) is 0 Å². The first kappa shape index (κ1) is 14.5. The largest absolute Gasteiger partial charge is 2.00 e. The van der Waals surface area contributed by atoms with Crippen molar-refractivity contribution in [2.24, 2.45) is 0 Å². The van der Waals surface area contributed by atoms with Crippen molar-refractivity contribution in [2.45, 2.75) is 26.2 Å². The average molecular weight is 173 g/mol. The van der Waals surface area contributed by atoms with Crippen molar-refractivity contribution in [3.8, 4) is 0 Å². The molecule has 1 aromatic rings. The first-order chi connectivity index (χ1) is 4.61. The summed E-state index contributed by atoms with van der Waals surface area (Å²) in [6.07, 6.45) is 0. The predicted molar refractivity (Wildman–Crippen MR) is 56.1 cm³/mol. The topological polar surface area (TPSA) is 0 Å². The second-order valence-electron chi connectivity index (χ2n) is 3.54. The second kappa shape index (κ2) is 5.60. The van der Waals surface area contributed by atoms with Gasteiger partial charge in [0.15, 0.2) is 0 Å². The molecular formula is C11H16Mg. The summed E-state index contributed by atoms with van der Waals surface area (Å²) in [5.41, 5.74) is 1.64. The molecule has 1 rings (SSSR count). The van der Waals surface area contributed by atoms with E-state index < -0.39 is 0 Å². The summed E-state index contributed by atoms with van der Waals surface area (Å²) in [6.45, 7) is 6.63. The molecule has 0 fully saturated rings. The van der Waals surface area contributed by atoms with E-state index in [1.54, 1.807) is 0 Å². The summed E-state index contributed by atoms with van der Waals surface area (Å²) in [7, 11) is 0. The Hall–Kier alpha value is -0.0138. The molecule has 0 bridgehead atoms. The second-order valence-corrected chi connectivity index (χ2v) is 3.54. The fourth-order valence-corrected chi connectivity index (χ4v) is 0.887. The van der Waals surface area contributed by atoms with Gasteiger partial charge in [-0.2, -0.15) is 35.9 Å². The number of hydrogen-bond acceptors (Lipinski definition) is 0. The summed E-state index contributed by atoms with van der Waals surface area (Å²) in [5, 5.41) is 0. The molecule has 1 heteroatoms. The molecular weight excluding hydrogens is 156 g/mol. The van der Waals surface area contributed by atoms with Crippen molar-refractivity contribution in [3.63, 3.8) is 0 Å². The normalized spacial score (nSPS) is 9.58. The molecule has 0 aliphatic rings. The Morgan fingerprint density at radius 2 is 1.50 bits per heavy atom. The molecule has 0 aliphatic carbocycles. The molecule has 0 radical (unpaired) electrons. The van der Waals surface area contributed by atoms with Gasteiger partial charge in [-0.15, -0.1) is 0 Å². The quantitative estimate of drug-likeness (QED) is 0.417. The van der Waals surface area contributed by atoms with Crippen LogP contribution in [0.5, 0.6) is 0 Å². The number of benzene rings is 1. The fraction of sp³-hybridized carbons (Fsp3) is 0.364. The van der Waals surface area contributed by atoms with Crippen molar-refractivity contribution < 1.29 is 0 Å². The summed E-state index contributed by atoms with van der Waals surface area (Å²) in [6, 6.07) is 11.1. The van der Waals surface area contributed by atoms with Crippen LogP contribution in [0.4, 0.5) is 0 Å². The van der Waals surface area contributed by atoms with Crippen molar-refractivity contribution in [2.75, 3.05) is 0 Å². The molecule has 0 amide bonds. The van der Waals surface area contributed by atoms with E-state index in [-0.39, 0.29) is 35.9 Å². The van der Waals surface area contributed by atoms with Crippen molar-refractivity contribution in [3.05, 3.63) is 43.3 Å². The Labute approximate surface area is 92.5 Å². The molecule has 12 heavy (non-hydrogen) atoms. The Morgan fingerprint density at radius 3 is 1.75 bits per heavy atom. The van der Waals surface area contributed by atoms with E-state index in [0.717, 1.165) is 0 Å². The molecule has 0 unspecified atom stereocenters. The summed E-state index contributed by atoms with van der Waals surface area (Å²) < 4.78 is 0. The van der Waals surface area contributed by atoms with Gasteiger partial charge in [-0.05, 0) is 5.41 Å². The third-order valence-corrected chi connectivity index (χ3v) is 1.58. The zero-order valence-corrected chi connectivity index (χ0v) is 9.93. The van der Waals surface area contributed by atoms with Gasteiger partial charge >= 0.3 is 23.1 Å². The minimum absolute atomic E-state index is 0. The van der Waals surface area contributed by atoms with E-state index in [1.165, 1.54) is 5.56 Å². The summed E-state index contributed by atoms with van der Waals surface area (Å²) >= 11 is 0. The first-order valence-corrected chi connectivity index (χ1v) is 3.57. The molecule has 0 aliphatic heterocycles. The van der Waals surface area contributed by atoms with Gasteiger partial charge < -0.3 is 7.43 Å². The van der Waals surface area contributed by atoms with Gasteiger partial charge in [0.2, 0.25) is 0 Å². The van der Waals surface area contributed by atoms with Crippen molar-refractivity contribution >= 4 is 23.1 Å². The van der Waals surface area contributed by atoms with Crippen LogP contribution in [0.1, 0.15) is 26.3 Å². The molecule has 1 aromatic carbocycles.